The molecule has 1 aliphatic heterocycles. The highest BCUT2D eigenvalue weighted by Gasteiger charge is 2.31. The lowest BCUT2D eigenvalue weighted by Gasteiger charge is -2.23. The van der Waals surface area contributed by atoms with E-state index in [0.29, 0.717) is 54.2 Å². The second kappa shape index (κ2) is 14.3. The standard InChI is InChI=1S/C36H39N5O5/c1-4-37-35(42)32-31(34-38-36(46-40-34)41-18-12-7-13-19-41)33(45-39-32)28-20-27(24(2)3)29(43-22-25-14-8-5-9-15-25)21-30(28)44-23-26-16-10-6-11-17-26/h5-6,8-11,14-17,20-21,24H,4,7,12-13,18-19,22-23H2,1-3H3,(H,37,42). The first-order chi connectivity index (χ1) is 22.5. The number of anilines is 1. The van der Waals surface area contributed by atoms with Crippen molar-refractivity contribution in [1.82, 2.24) is 20.6 Å². The summed E-state index contributed by atoms with van der Waals surface area (Å²) in [4.78, 5) is 20.1. The first-order valence-electron chi connectivity index (χ1n) is 15.9. The molecule has 238 valence electrons. The van der Waals surface area contributed by atoms with Gasteiger partial charge in [-0.05, 0) is 54.9 Å². The van der Waals surface area contributed by atoms with Crippen LogP contribution in [0, 0.1) is 0 Å². The third kappa shape index (κ3) is 6.91. The summed E-state index contributed by atoms with van der Waals surface area (Å²) >= 11 is 0. The molecule has 1 N–H and O–H groups in total. The molecule has 46 heavy (non-hydrogen) atoms. The van der Waals surface area contributed by atoms with Gasteiger partial charge in [0, 0.05) is 25.7 Å². The number of benzene rings is 3. The molecule has 0 unspecified atom stereocenters. The Labute approximate surface area is 268 Å². The fraction of sp³-hybridized carbons (Fsp3) is 0.333. The van der Waals surface area contributed by atoms with E-state index in [4.69, 9.17) is 23.5 Å². The van der Waals surface area contributed by atoms with Gasteiger partial charge in [-0.1, -0.05) is 84.8 Å². The highest BCUT2D eigenvalue weighted by Crippen LogP contribution is 2.44. The number of hydrogen-bond donors (Lipinski definition) is 1. The molecule has 1 amide bonds. The summed E-state index contributed by atoms with van der Waals surface area (Å²) in [6.07, 6.45) is 3.28. The molecule has 1 fully saturated rings. The molecular weight excluding hydrogens is 582 g/mol. The lowest BCUT2D eigenvalue weighted by Crippen LogP contribution is -2.29. The van der Waals surface area contributed by atoms with E-state index in [1.165, 1.54) is 6.42 Å². The van der Waals surface area contributed by atoms with Gasteiger partial charge in [-0.3, -0.25) is 4.79 Å². The van der Waals surface area contributed by atoms with Crippen LogP contribution in [-0.4, -0.2) is 40.8 Å². The van der Waals surface area contributed by atoms with Crippen LogP contribution in [0.25, 0.3) is 22.7 Å². The van der Waals surface area contributed by atoms with E-state index >= 15 is 0 Å². The minimum absolute atomic E-state index is 0.0763. The van der Waals surface area contributed by atoms with Gasteiger partial charge in [0.1, 0.15) is 30.3 Å². The summed E-state index contributed by atoms with van der Waals surface area (Å²) in [6.45, 7) is 8.84. The molecule has 1 aliphatic rings. The van der Waals surface area contributed by atoms with Gasteiger partial charge in [0.25, 0.3) is 5.91 Å². The van der Waals surface area contributed by atoms with Crippen LogP contribution < -0.4 is 19.7 Å². The van der Waals surface area contributed by atoms with Crippen LogP contribution in [0.1, 0.15) is 73.1 Å². The maximum absolute atomic E-state index is 13.3. The van der Waals surface area contributed by atoms with Crippen molar-refractivity contribution < 1.29 is 23.3 Å². The molecule has 0 atom stereocenters. The number of rotatable bonds is 12. The number of carbonyl (C=O) groups is 1. The Morgan fingerprint density at radius 3 is 2.15 bits per heavy atom. The molecule has 0 saturated carbocycles. The van der Waals surface area contributed by atoms with E-state index in [-0.39, 0.29) is 17.4 Å². The van der Waals surface area contributed by atoms with E-state index in [9.17, 15) is 4.79 Å². The maximum Gasteiger partial charge on any atom is 0.324 e. The molecule has 2 aromatic heterocycles. The van der Waals surface area contributed by atoms with Gasteiger partial charge >= 0.3 is 6.01 Å². The molecule has 10 nitrogen and oxygen atoms in total. The molecule has 1 saturated heterocycles. The van der Waals surface area contributed by atoms with E-state index < -0.39 is 5.91 Å². The number of ether oxygens (including phenoxy) is 2. The van der Waals surface area contributed by atoms with Crippen LogP contribution >= 0.6 is 0 Å². The van der Waals surface area contributed by atoms with Crippen molar-refractivity contribution in [2.75, 3.05) is 24.5 Å². The maximum atomic E-state index is 13.3. The normalized spacial score (nSPS) is 13.2. The van der Waals surface area contributed by atoms with Crippen LogP contribution in [0.15, 0.2) is 81.8 Å². The van der Waals surface area contributed by atoms with Gasteiger partial charge in [0.2, 0.25) is 5.82 Å². The largest absolute Gasteiger partial charge is 0.488 e. The smallest absolute Gasteiger partial charge is 0.324 e. The van der Waals surface area contributed by atoms with Crippen LogP contribution in [0.3, 0.4) is 0 Å². The van der Waals surface area contributed by atoms with E-state index in [2.05, 4.69) is 34.4 Å². The minimum Gasteiger partial charge on any atom is -0.488 e. The number of hydrogen-bond acceptors (Lipinski definition) is 9. The third-order valence-electron chi connectivity index (χ3n) is 7.96. The molecule has 3 aromatic carbocycles. The Balaban J connectivity index is 1.46. The van der Waals surface area contributed by atoms with Crippen LogP contribution in [-0.2, 0) is 13.2 Å². The highest BCUT2D eigenvalue weighted by molar-refractivity contribution is 6.01. The van der Waals surface area contributed by atoms with E-state index in [1.807, 2.05) is 79.7 Å². The monoisotopic (exact) mass is 621 g/mol. The predicted octanol–water partition coefficient (Wildman–Crippen LogP) is 7.41. The molecule has 10 heteroatoms. The van der Waals surface area contributed by atoms with Gasteiger partial charge in [0.15, 0.2) is 11.5 Å². The fourth-order valence-corrected chi connectivity index (χ4v) is 5.53. The Kier molecular flexibility index (Phi) is 9.62. The van der Waals surface area contributed by atoms with E-state index in [1.54, 1.807) is 0 Å². The average Bonchev–Trinajstić information content (AvgIpc) is 3.76. The number of carbonyl (C=O) groups excluding carboxylic acids is 1. The number of piperidine rings is 1. The van der Waals surface area contributed by atoms with Crippen molar-refractivity contribution in [3.05, 3.63) is 95.2 Å². The number of amides is 1. The first-order valence-corrected chi connectivity index (χ1v) is 15.9. The predicted molar refractivity (Wildman–Crippen MR) is 175 cm³/mol. The summed E-state index contributed by atoms with van der Waals surface area (Å²) in [5, 5.41) is 11.4. The summed E-state index contributed by atoms with van der Waals surface area (Å²) in [6, 6.07) is 24.2. The first kappa shape index (κ1) is 30.9. The zero-order valence-corrected chi connectivity index (χ0v) is 26.5. The molecule has 5 aromatic rings. The third-order valence-corrected chi connectivity index (χ3v) is 7.96. The fourth-order valence-electron chi connectivity index (χ4n) is 5.53. The van der Waals surface area contributed by atoms with E-state index in [0.717, 1.165) is 42.6 Å². The molecular formula is C36H39N5O5. The second-order valence-corrected chi connectivity index (χ2v) is 11.6. The molecule has 0 spiro atoms. The average molecular weight is 622 g/mol. The Hall–Kier alpha value is -5.12. The van der Waals surface area contributed by atoms with Crippen molar-refractivity contribution in [1.29, 1.82) is 0 Å². The Bertz CT molecular complexity index is 1740. The van der Waals surface area contributed by atoms with Crippen molar-refractivity contribution in [3.63, 3.8) is 0 Å². The van der Waals surface area contributed by atoms with Crippen molar-refractivity contribution >= 4 is 11.9 Å². The van der Waals surface area contributed by atoms with Crippen LogP contribution in [0.4, 0.5) is 6.01 Å². The Morgan fingerprint density at radius 2 is 1.52 bits per heavy atom. The van der Waals surface area contributed by atoms with Gasteiger partial charge < -0.3 is 28.7 Å². The molecule has 0 bridgehead atoms. The minimum atomic E-state index is -0.393. The van der Waals surface area contributed by atoms with Gasteiger partial charge in [0.05, 0.1) is 5.56 Å². The topological polar surface area (TPSA) is 116 Å². The van der Waals surface area contributed by atoms with Gasteiger partial charge in [-0.15, -0.1) is 0 Å². The van der Waals surface area contributed by atoms with Crippen LogP contribution in [0.5, 0.6) is 11.5 Å². The molecule has 0 radical (unpaired) electrons. The van der Waals surface area contributed by atoms with Crippen molar-refractivity contribution in [2.45, 2.75) is 59.2 Å². The zero-order valence-electron chi connectivity index (χ0n) is 26.5. The number of nitrogens with one attached hydrogen (secondary N) is 1. The second-order valence-electron chi connectivity index (χ2n) is 11.6. The lowest BCUT2D eigenvalue weighted by molar-refractivity contribution is 0.0947. The number of nitrogens with zero attached hydrogens (tertiary/aromatic N) is 4. The van der Waals surface area contributed by atoms with Crippen LogP contribution in [0.2, 0.25) is 0 Å². The Morgan fingerprint density at radius 1 is 0.870 bits per heavy atom. The summed E-state index contributed by atoms with van der Waals surface area (Å²) < 4.78 is 24.6. The molecule has 6 rings (SSSR count). The number of aromatic nitrogens is 3. The zero-order chi connectivity index (χ0) is 31.9. The quantitative estimate of drug-likeness (QED) is 0.152. The SMILES string of the molecule is CCNC(=O)c1noc(-c2cc(C(C)C)c(OCc3ccccc3)cc2OCc2ccccc2)c1-c1noc(N2CCCCC2)n1. The van der Waals surface area contributed by atoms with Gasteiger partial charge in [-0.2, -0.15) is 4.98 Å². The van der Waals surface area contributed by atoms with Gasteiger partial charge in [-0.25, -0.2) is 0 Å². The summed E-state index contributed by atoms with van der Waals surface area (Å²) in [5.74, 6) is 1.45. The summed E-state index contributed by atoms with van der Waals surface area (Å²) in [5.41, 5.74) is 4.02. The highest BCUT2D eigenvalue weighted by atomic mass is 16.5. The molecule has 0 aliphatic carbocycles. The van der Waals surface area contributed by atoms with Crippen molar-refractivity contribution in [3.8, 4) is 34.2 Å². The summed E-state index contributed by atoms with van der Waals surface area (Å²) in [7, 11) is 0. The lowest BCUT2D eigenvalue weighted by atomic mass is 9.96. The van der Waals surface area contributed by atoms with Crippen molar-refractivity contribution in [2.24, 2.45) is 0 Å². The molecule has 3 heterocycles.